The first-order valence-electron chi connectivity index (χ1n) is 6.33. The second-order valence-corrected chi connectivity index (χ2v) is 4.53. The van der Waals surface area contributed by atoms with Gasteiger partial charge in [0, 0.05) is 11.6 Å². The first kappa shape index (κ1) is 14.9. The Balaban J connectivity index is 2.96. The van der Waals surface area contributed by atoms with Crippen LogP contribution in [0.2, 0.25) is 0 Å². The number of ether oxygens (including phenoxy) is 1. The molecule has 0 heterocycles. The summed E-state index contributed by atoms with van der Waals surface area (Å²) in [6.07, 6.45) is -0.902. The van der Waals surface area contributed by atoms with Gasteiger partial charge in [0.15, 0.2) is 0 Å². The number of rotatable bonds is 6. The molecule has 3 nitrogen and oxygen atoms in total. The molecule has 0 aliphatic rings. The molecule has 3 unspecified atom stereocenters. The minimum Gasteiger partial charge on any atom is -0.488 e. The van der Waals surface area contributed by atoms with Gasteiger partial charge in [-0.2, -0.15) is 0 Å². The summed E-state index contributed by atoms with van der Waals surface area (Å²) in [6.45, 7) is 8.20. The molecule has 1 aromatic carbocycles. The molecule has 3 atom stereocenters. The smallest absolute Gasteiger partial charge is 0.124 e. The highest BCUT2D eigenvalue weighted by molar-refractivity contribution is 5.36. The molecular weight excluding hydrogens is 233 g/mol. The molecule has 0 fully saturated rings. The molecule has 18 heavy (non-hydrogen) atoms. The summed E-state index contributed by atoms with van der Waals surface area (Å²) in [5.41, 5.74) is 0.768. The number of nitrogens with one attached hydrogen (secondary N) is 1. The van der Waals surface area contributed by atoms with Gasteiger partial charge < -0.3 is 15.2 Å². The van der Waals surface area contributed by atoms with Crippen molar-refractivity contribution in [3.05, 3.63) is 29.6 Å². The second-order valence-electron chi connectivity index (χ2n) is 4.53. The summed E-state index contributed by atoms with van der Waals surface area (Å²) < 4.78 is 19.0. The first-order chi connectivity index (χ1) is 8.45. The molecule has 0 aliphatic heterocycles. The Labute approximate surface area is 108 Å². The van der Waals surface area contributed by atoms with Crippen molar-refractivity contribution in [1.29, 1.82) is 0 Å². The van der Waals surface area contributed by atoms with Crippen LogP contribution in [-0.2, 0) is 0 Å². The Morgan fingerprint density at radius 1 is 1.33 bits per heavy atom. The minimum absolute atomic E-state index is 0.00176. The van der Waals surface area contributed by atoms with E-state index in [0.29, 0.717) is 5.75 Å². The molecule has 0 aromatic heterocycles. The molecule has 1 aromatic rings. The zero-order valence-corrected chi connectivity index (χ0v) is 11.4. The van der Waals surface area contributed by atoms with Gasteiger partial charge in [0.1, 0.15) is 17.7 Å². The Hall–Kier alpha value is -1.13. The van der Waals surface area contributed by atoms with Crippen molar-refractivity contribution in [2.75, 3.05) is 6.54 Å². The van der Waals surface area contributed by atoms with Gasteiger partial charge in [-0.05, 0) is 45.5 Å². The van der Waals surface area contributed by atoms with Crippen molar-refractivity contribution in [3.8, 4) is 5.75 Å². The maximum absolute atomic E-state index is 13.3. The van der Waals surface area contributed by atoms with Crippen LogP contribution < -0.4 is 10.1 Å². The zero-order valence-electron chi connectivity index (χ0n) is 11.4. The Morgan fingerprint density at radius 2 is 2.00 bits per heavy atom. The van der Waals surface area contributed by atoms with Crippen LogP contribution in [0.5, 0.6) is 5.75 Å². The molecule has 102 valence electrons. The lowest BCUT2D eigenvalue weighted by Crippen LogP contribution is -2.27. The van der Waals surface area contributed by atoms with Crippen molar-refractivity contribution in [2.24, 2.45) is 0 Å². The Bertz CT molecular complexity index is 382. The number of hydrogen-bond donors (Lipinski definition) is 2. The van der Waals surface area contributed by atoms with E-state index >= 15 is 0 Å². The Kier molecular flexibility index (Phi) is 5.56. The number of halogens is 1. The number of benzene rings is 1. The summed E-state index contributed by atoms with van der Waals surface area (Å²) in [5.74, 6) is 0.324. The fraction of sp³-hybridized carbons (Fsp3) is 0.571. The molecule has 0 saturated carbocycles. The third-order valence-electron chi connectivity index (χ3n) is 2.94. The second kappa shape index (κ2) is 6.71. The van der Waals surface area contributed by atoms with Crippen molar-refractivity contribution >= 4 is 0 Å². The van der Waals surface area contributed by atoms with Crippen LogP contribution in [0.4, 0.5) is 4.39 Å². The van der Waals surface area contributed by atoms with Gasteiger partial charge in [0.25, 0.3) is 0 Å². The van der Waals surface area contributed by atoms with E-state index in [0.717, 1.165) is 12.1 Å². The van der Waals surface area contributed by atoms with Crippen molar-refractivity contribution in [1.82, 2.24) is 5.32 Å². The van der Waals surface area contributed by atoms with Gasteiger partial charge in [-0.25, -0.2) is 4.39 Å². The molecule has 0 saturated heterocycles. The molecule has 0 aliphatic carbocycles. The quantitative estimate of drug-likeness (QED) is 0.821. The fourth-order valence-corrected chi connectivity index (χ4v) is 1.68. The predicted molar refractivity (Wildman–Crippen MR) is 70.3 cm³/mol. The highest BCUT2D eigenvalue weighted by Crippen LogP contribution is 2.27. The van der Waals surface area contributed by atoms with E-state index in [-0.39, 0.29) is 18.0 Å². The van der Waals surface area contributed by atoms with Crippen LogP contribution in [0, 0.1) is 5.82 Å². The minimum atomic E-state index is -0.572. The fourth-order valence-electron chi connectivity index (χ4n) is 1.68. The van der Waals surface area contributed by atoms with Crippen LogP contribution in [0.15, 0.2) is 18.2 Å². The Morgan fingerprint density at radius 3 is 2.56 bits per heavy atom. The lowest BCUT2D eigenvalue weighted by atomic mass is 10.1. The van der Waals surface area contributed by atoms with Crippen molar-refractivity contribution in [3.63, 3.8) is 0 Å². The SMILES string of the molecule is CCNC(C)c1cc(F)ccc1OC(C)C(C)O. The molecular formula is C14H22FNO2. The number of hydrogen-bond acceptors (Lipinski definition) is 3. The maximum atomic E-state index is 13.3. The van der Waals surface area contributed by atoms with Crippen LogP contribution >= 0.6 is 0 Å². The topological polar surface area (TPSA) is 41.5 Å². The highest BCUT2D eigenvalue weighted by Gasteiger charge is 2.16. The summed E-state index contributed by atoms with van der Waals surface area (Å²) in [6, 6.07) is 4.45. The van der Waals surface area contributed by atoms with Gasteiger partial charge >= 0.3 is 0 Å². The normalized spacial score (nSPS) is 16.1. The summed E-state index contributed by atoms with van der Waals surface area (Å²) in [4.78, 5) is 0. The van der Waals surface area contributed by atoms with Gasteiger partial charge in [0.2, 0.25) is 0 Å². The lowest BCUT2D eigenvalue weighted by Gasteiger charge is -2.22. The van der Waals surface area contributed by atoms with Crippen LogP contribution in [0.25, 0.3) is 0 Å². The zero-order chi connectivity index (χ0) is 13.7. The van der Waals surface area contributed by atoms with E-state index in [9.17, 15) is 9.50 Å². The molecule has 4 heteroatoms. The molecule has 1 rings (SSSR count). The van der Waals surface area contributed by atoms with Gasteiger partial charge in [-0.1, -0.05) is 6.92 Å². The third kappa shape index (κ3) is 3.96. The van der Waals surface area contributed by atoms with E-state index in [2.05, 4.69) is 5.32 Å². The van der Waals surface area contributed by atoms with E-state index < -0.39 is 6.10 Å². The average Bonchev–Trinajstić information content (AvgIpc) is 2.31. The highest BCUT2D eigenvalue weighted by atomic mass is 19.1. The van der Waals surface area contributed by atoms with Crippen molar-refractivity contribution < 1.29 is 14.2 Å². The molecule has 0 radical (unpaired) electrons. The van der Waals surface area contributed by atoms with E-state index in [1.54, 1.807) is 19.9 Å². The summed E-state index contributed by atoms with van der Waals surface area (Å²) in [5, 5.41) is 12.7. The third-order valence-corrected chi connectivity index (χ3v) is 2.94. The van der Waals surface area contributed by atoms with Crippen LogP contribution in [0.3, 0.4) is 0 Å². The van der Waals surface area contributed by atoms with E-state index in [4.69, 9.17) is 4.74 Å². The molecule has 0 spiro atoms. The maximum Gasteiger partial charge on any atom is 0.124 e. The molecule has 0 bridgehead atoms. The van der Waals surface area contributed by atoms with Crippen LogP contribution in [-0.4, -0.2) is 23.9 Å². The van der Waals surface area contributed by atoms with Crippen molar-refractivity contribution in [2.45, 2.75) is 45.9 Å². The van der Waals surface area contributed by atoms with Gasteiger partial charge in [-0.3, -0.25) is 0 Å². The summed E-state index contributed by atoms with van der Waals surface area (Å²) >= 11 is 0. The molecule has 0 amide bonds. The van der Waals surface area contributed by atoms with Crippen LogP contribution in [0.1, 0.15) is 39.3 Å². The van der Waals surface area contributed by atoms with Gasteiger partial charge in [-0.15, -0.1) is 0 Å². The largest absolute Gasteiger partial charge is 0.488 e. The number of aliphatic hydroxyl groups is 1. The standard InChI is InChI=1S/C14H22FNO2/c1-5-16-9(2)13-8-12(15)6-7-14(13)18-11(4)10(3)17/h6-11,16-17H,5H2,1-4H3. The first-order valence-corrected chi connectivity index (χ1v) is 6.33. The molecule has 2 N–H and O–H groups in total. The predicted octanol–water partition coefficient (Wildman–Crippen LogP) is 2.64. The average molecular weight is 255 g/mol. The monoisotopic (exact) mass is 255 g/mol. The summed E-state index contributed by atoms with van der Waals surface area (Å²) in [7, 11) is 0. The number of aliphatic hydroxyl groups excluding tert-OH is 1. The van der Waals surface area contributed by atoms with E-state index in [1.807, 2.05) is 13.8 Å². The van der Waals surface area contributed by atoms with Gasteiger partial charge in [0.05, 0.1) is 6.10 Å². The van der Waals surface area contributed by atoms with E-state index in [1.165, 1.54) is 12.1 Å². The lowest BCUT2D eigenvalue weighted by molar-refractivity contribution is 0.0594.